The number of nitrogens with zero attached hydrogens (tertiary/aromatic N) is 1. The minimum Gasteiger partial charge on any atom is -0.335 e. The van der Waals surface area contributed by atoms with Gasteiger partial charge in [0.15, 0.2) is 0 Å². The first-order valence-electron chi connectivity index (χ1n) is 7.62. The molecule has 1 heterocycles. The zero-order valence-electron chi connectivity index (χ0n) is 12.5. The lowest BCUT2D eigenvalue weighted by Gasteiger charge is -2.25. The van der Waals surface area contributed by atoms with Gasteiger partial charge < -0.3 is 10.6 Å². The number of rotatable bonds is 8. The summed E-state index contributed by atoms with van der Waals surface area (Å²) in [6, 6.07) is 4.64. The molecule has 1 aliphatic rings. The van der Waals surface area contributed by atoms with E-state index in [4.69, 9.17) is 5.73 Å². The quantitative estimate of drug-likeness (QED) is 0.800. The molecule has 4 heteroatoms. The fourth-order valence-corrected chi connectivity index (χ4v) is 3.37. The van der Waals surface area contributed by atoms with Crippen LogP contribution in [-0.2, 0) is 11.3 Å². The Labute approximate surface area is 126 Å². The molecule has 0 bridgehead atoms. The molecule has 0 aliphatic heterocycles. The highest BCUT2D eigenvalue weighted by molar-refractivity contribution is 7.09. The van der Waals surface area contributed by atoms with Crippen molar-refractivity contribution in [2.75, 3.05) is 6.54 Å². The molecular formula is C16H26N2OS. The van der Waals surface area contributed by atoms with Crippen LogP contribution in [0.3, 0.4) is 0 Å². The molecule has 1 amide bonds. The molecule has 2 N–H and O–H groups in total. The first kappa shape index (κ1) is 15.5. The Morgan fingerprint density at radius 1 is 1.50 bits per heavy atom. The highest BCUT2D eigenvalue weighted by Gasteiger charge is 2.33. The lowest BCUT2D eigenvalue weighted by molar-refractivity contribution is -0.133. The molecule has 0 spiro atoms. The van der Waals surface area contributed by atoms with Crippen molar-refractivity contribution in [2.24, 2.45) is 17.6 Å². The van der Waals surface area contributed by atoms with Gasteiger partial charge in [0, 0.05) is 17.3 Å². The topological polar surface area (TPSA) is 46.3 Å². The summed E-state index contributed by atoms with van der Waals surface area (Å²) in [5.74, 6) is 1.21. The van der Waals surface area contributed by atoms with Crippen molar-refractivity contribution in [3.05, 3.63) is 22.4 Å². The van der Waals surface area contributed by atoms with Gasteiger partial charge >= 0.3 is 0 Å². The van der Waals surface area contributed by atoms with Gasteiger partial charge in [-0.15, -0.1) is 11.3 Å². The highest BCUT2D eigenvalue weighted by Crippen LogP contribution is 2.30. The molecule has 1 atom stereocenters. The van der Waals surface area contributed by atoms with E-state index in [0.29, 0.717) is 30.8 Å². The van der Waals surface area contributed by atoms with Crippen LogP contribution in [0.4, 0.5) is 0 Å². The van der Waals surface area contributed by atoms with Crippen molar-refractivity contribution >= 4 is 17.2 Å². The van der Waals surface area contributed by atoms with Gasteiger partial charge in [-0.2, -0.15) is 0 Å². The minimum atomic E-state index is 0.289. The predicted molar refractivity (Wildman–Crippen MR) is 84.5 cm³/mol. The summed E-state index contributed by atoms with van der Waals surface area (Å²) in [5, 5.41) is 2.08. The number of thiophene rings is 1. The smallest absolute Gasteiger partial charge is 0.223 e. The van der Waals surface area contributed by atoms with Crippen molar-refractivity contribution < 1.29 is 4.79 Å². The van der Waals surface area contributed by atoms with Crippen LogP contribution >= 0.6 is 11.3 Å². The maximum absolute atomic E-state index is 12.6. The van der Waals surface area contributed by atoms with Crippen LogP contribution in [0.5, 0.6) is 0 Å². The van der Waals surface area contributed by atoms with Gasteiger partial charge in [-0.3, -0.25) is 4.79 Å². The maximum atomic E-state index is 12.6. The Kier molecular flexibility index (Phi) is 5.61. The van der Waals surface area contributed by atoms with Crippen LogP contribution in [0.25, 0.3) is 0 Å². The number of nitrogens with two attached hydrogens (primary N) is 1. The normalized spacial score (nSPS) is 16.4. The van der Waals surface area contributed by atoms with Gasteiger partial charge in [0.25, 0.3) is 0 Å². The maximum Gasteiger partial charge on any atom is 0.223 e. The van der Waals surface area contributed by atoms with Gasteiger partial charge in [-0.05, 0) is 49.1 Å². The third kappa shape index (κ3) is 4.60. The van der Waals surface area contributed by atoms with Crippen LogP contribution in [0, 0.1) is 11.8 Å². The van der Waals surface area contributed by atoms with Crippen LogP contribution < -0.4 is 5.73 Å². The molecule has 0 radical (unpaired) electrons. The van der Waals surface area contributed by atoms with Crippen LogP contribution in [0.2, 0.25) is 0 Å². The second-order valence-corrected chi connectivity index (χ2v) is 7.30. The van der Waals surface area contributed by atoms with Gasteiger partial charge in [0.1, 0.15) is 0 Å². The van der Waals surface area contributed by atoms with Crippen molar-refractivity contribution in [3.63, 3.8) is 0 Å². The van der Waals surface area contributed by atoms with E-state index >= 15 is 0 Å². The first-order chi connectivity index (χ1) is 9.60. The fraction of sp³-hybridized carbons (Fsp3) is 0.688. The van der Waals surface area contributed by atoms with E-state index in [1.807, 2.05) is 0 Å². The van der Waals surface area contributed by atoms with E-state index in [1.54, 1.807) is 11.3 Å². The van der Waals surface area contributed by atoms with E-state index < -0.39 is 0 Å². The second kappa shape index (κ2) is 7.23. The summed E-state index contributed by atoms with van der Waals surface area (Å²) >= 11 is 1.73. The predicted octanol–water partition coefficient (Wildman–Crippen LogP) is 3.25. The molecule has 1 aromatic rings. The largest absolute Gasteiger partial charge is 0.335 e. The minimum absolute atomic E-state index is 0.289. The molecule has 0 unspecified atom stereocenters. The monoisotopic (exact) mass is 294 g/mol. The Morgan fingerprint density at radius 3 is 2.75 bits per heavy atom. The molecular weight excluding hydrogens is 268 g/mol. The third-order valence-corrected chi connectivity index (χ3v) is 4.68. The van der Waals surface area contributed by atoms with Gasteiger partial charge in [-0.1, -0.05) is 19.9 Å². The lowest BCUT2D eigenvalue weighted by Crippen LogP contribution is -2.35. The third-order valence-electron chi connectivity index (χ3n) is 3.82. The number of carbonyl (C=O) groups excluding carboxylic acids is 1. The number of hydrogen-bond donors (Lipinski definition) is 1. The lowest BCUT2D eigenvalue weighted by atomic mass is 9.93. The molecule has 1 aliphatic carbocycles. The van der Waals surface area contributed by atoms with Crippen molar-refractivity contribution in [3.8, 4) is 0 Å². The van der Waals surface area contributed by atoms with Crippen LogP contribution in [-0.4, -0.2) is 23.4 Å². The molecule has 1 aromatic heterocycles. The summed E-state index contributed by atoms with van der Waals surface area (Å²) in [4.78, 5) is 15.9. The molecule has 1 fully saturated rings. The molecule has 0 saturated heterocycles. The summed E-state index contributed by atoms with van der Waals surface area (Å²) in [7, 11) is 0. The van der Waals surface area contributed by atoms with E-state index in [9.17, 15) is 4.79 Å². The first-order valence-corrected chi connectivity index (χ1v) is 8.50. The van der Waals surface area contributed by atoms with Crippen LogP contribution in [0.1, 0.15) is 44.4 Å². The average molecular weight is 294 g/mol. The highest BCUT2D eigenvalue weighted by atomic mass is 32.1. The molecule has 20 heavy (non-hydrogen) atoms. The molecule has 1 saturated carbocycles. The fourth-order valence-electron chi connectivity index (χ4n) is 2.67. The SMILES string of the molecule is CC(C)C[C@H](CN)CC(=O)N(Cc1cccs1)C1CC1. The average Bonchev–Trinajstić information content (AvgIpc) is 3.11. The summed E-state index contributed by atoms with van der Waals surface area (Å²) < 4.78 is 0. The molecule has 3 nitrogen and oxygen atoms in total. The van der Waals surface area contributed by atoms with Crippen molar-refractivity contribution in [1.29, 1.82) is 0 Å². The summed E-state index contributed by atoms with van der Waals surface area (Å²) in [6.45, 7) is 5.77. The molecule has 112 valence electrons. The second-order valence-electron chi connectivity index (χ2n) is 6.27. The van der Waals surface area contributed by atoms with Gasteiger partial charge in [-0.25, -0.2) is 0 Å². The zero-order valence-corrected chi connectivity index (χ0v) is 13.4. The number of amides is 1. The zero-order chi connectivity index (χ0) is 14.5. The molecule has 0 aromatic carbocycles. The van der Waals surface area contributed by atoms with Crippen molar-refractivity contribution in [2.45, 2.75) is 52.1 Å². The van der Waals surface area contributed by atoms with Crippen LogP contribution in [0.15, 0.2) is 17.5 Å². The number of carbonyl (C=O) groups is 1. The van der Waals surface area contributed by atoms with Gasteiger partial charge in [0.05, 0.1) is 6.54 Å². The van der Waals surface area contributed by atoms with E-state index in [1.165, 1.54) is 4.88 Å². The van der Waals surface area contributed by atoms with E-state index in [2.05, 4.69) is 36.3 Å². The Morgan fingerprint density at radius 2 is 2.25 bits per heavy atom. The Balaban J connectivity index is 1.92. The Bertz CT molecular complexity index is 412. The van der Waals surface area contributed by atoms with Gasteiger partial charge in [0.2, 0.25) is 5.91 Å². The van der Waals surface area contributed by atoms with E-state index in [0.717, 1.165) is 25.8 Å². The summed E-state index contributed by atoms with van der Waals surface area (Å²) in [6.07, 6.45) is 3.97. The number of hydrogen-bond acceptors (Lipinski definition) is 3. The standard InChI is InChI=1S/C16H26N2OS/c1-12(2)8-13(10-17)9-16(19)18(14-5-6-14)11-15-4-3-7-20-15/h3-4,7,12-14H,5-6,8-11,17H2,1-2H3/t13-/m0/s1. The van der Waals surface area contributed by atoms with E-state index in [-0.39, 0.29) is 5.91 Å². The Hall–Kier alpha value is -0.870. The molecule has 2 rings (SSSR count). The summed E-state index contributed by atoms with van der Waals surface area (Å²) in [5.41, 5.74) is 5.83. The van der Waals surface area contributed by atoms with Crippen molar-refractivity contribution in [1.82, 2.24) is 4.90 Å².